The van der Waals surface area contributed by atoms with Gasteiger partial charge in [-0.1, -0.05) is 48.2 Å². The summed E-state index contributed by atoms with van der Waals surface area (Å²) in [5.74, 6) is 1.45. The van der Waals surface area contributed by atoms with Gasteiger partial charge < -0.3 is 14.6 Å². The number of anilines is 1. The van der Waals surface area contributed by atoms with Crippen molar-refractivity contribution in [2.75, 3.05) is 5.32 Å². The molecule has 0 spiro atoms. The Morgan fingerprint density at radius 3 is 2.62 bits per heavy atom. The van der Waals surface area contributed by atoms with Crippen LogP contribution in [0.2, 0.25) is 0 Å². The summed E-state index contributed by atoms with van der Waals surface area (Å²) in [6.07, 6.45) is 1.78. The molecule has 0 aliphatic rings. The maximum absolute atomic E-state index is 12.5. The minimum atomic E-state index is -0.323. The Balaban J connectivity index is 1.54. The molecule has 0 radical (unpaired) electrons. The van der Waals surface area contributed by atoms with Gasteiger partial charge in [0.1, 0.15) is 18.2 Å². The van der Waals surface area contributed by atoms with E-state index in [4.69, 9.17) is 4.74 Å². The van der Waals surface area contributed by atoms with Gasteiger partial charge in [0.15, 0.2) is 5.16 Å². The second-order valence-corrected chi connectivity index (χ2v) is 7.79. The zero-order valence-corrected chi connectivity index (χ0v) is 17.4. The summed E-state index contributed by atoms with van der Waals surface area (Å²) in [5.41, 5.74) is 1.83. The fraction of sp³-hybridized carbons (Fsp3) is 0.227. The molecule has 0 aliphatic heterocycles. The number of thioether (sulfide) groups is 1. The van der Waals surface area contributed by atoms with Gasteiger partial charge in [-0.25, -0.2) is 0 Å². The Kier molecular flexibility index (Phi) is 7.08. The predicted molar refractivity (Wildman–Crippen MR) is 116 cm³/mol. The highest BCUT2D eigenvalue weighted by Crippen LogP contribution is 2.24. The minimum absolute atomic E-state index is 0.0984. The van der Waals surface area contributed by atoms with E-state index in [0.29, 0.717) is 18.3 Å². The van der Waals surface area contributed by atoms with Gasteiger partial charge >= 0.3 is 0 Å². The van der Waals surface area contributed by atoms with Crippen LogP contribution in [0.4, 0.5) is 5.69 Å². The summed E-state index contributed by atoms with van der Waals surface area (Å²) in [5, 5.41) is 11.5. The number of hydrogen-bond acceptors (Lipinski definition) is 5. The first-order valence-electron chi connectivity index (χ1n) is 9.32. The molecule has 0 aliphatic carbocycles. The molecule has 1 amide bonds. The SMILES string of the molecule is C=CCn1c(C)nnc1S[C@H](C)C(=O)Nc1ccc(OCc2ccccc2)cc1. The Labute approximate surface area is 175 Å². The lowest BCUT2D eigenvalue weighted by Crippen LogP contribution is -2.23. The van der Waals surface area contributed by atoms with E-state index < -0.39 is 0 Å². The van der Waals surface area contributed by atoms with Crippen LogP contribution in [0.15, 0.2) is 72.4 Å². The highest BCUT2D eigenvalue weighted by molar-refractivity contribution is 8.00. The quantitative estimate of drug-likeness (QED) is 0.418. The molecule has 150 valence electrons. The summed E-state index contributed by atoms with van der Waals surface area (Å²) in [4.78, 5) is 12.5. The second kappa shape index (κ2) is 9.93. The predicted octanol–water partition coefficient (Wildman–Crippen LogP) is 4.47. The normalized spacial score (nSPS) is 11.7. The van der Waals surface area contributed by atoms with Crippen LogP contribution in [0.3, 0.4) is 0 Å². The topological polar surface area (TPSA) is 69.0 Å². The molecule has 0 bridgehead atoms. The molecule has 0 unspecified atom stereocenters. The number of amides is 1. The van der Waals surface area contributed by atoms with Crippen molar-refractivity contribution in [3.8, 4) is 5.75 Å². The molecule has 1 heterocycles. The van der Waals surface area contributed by atoms with Crippen molar-refractivity contribution < 1.29 is 9.53 Å². The van der Waals surface area contributed by atoms with Crippen LogP contribution in [-0.4, -0.2) is 25.9 Å². The van der Waals surface area contributed by atoms with Gasteiger partial charge in [0.2, 0.25) is 5.91 Å². The van der Waals surface area contributed by atoms with Crippen molar-refractivity contribution >= 4 is 23.4 Å². The number of carbonyl (C=O) groups is 1. The first-order chi connectivity index (χ1) is 14.1. The average molecular weight is 409 g/mol. The zero-order chi connectivity index (χ0) is 20.6. The lowest BCUT2D eigenvalue weighted by molar-refractivity contribution is -0.115. The van der Waals surface area contributed by atoms with E-state index in [-0.39, 0.29) is 11.2 Å². The molecule has 7 heteroatoms. The molecule has 2 aromatic carbocycles. The van der Waals surface area contributed by atoms with Crippen LogP contribution in [0, 0.1) is 6.92 Å². The van der Waals surface area contributed by atoms with E-state index in [2.05, 4.69) is 22.1 Å². The maximum Gasteiger partial charge on any atom is 0.237 e. The van der Waals surface area contributed by atoms with Crippen molar-refractivity contribution in [1.82, 2.24) is 14.8 Å². The third kappa shape index (κ3) is 5.71. The maximum atomic E-state index is 12.5. The highest BCUT2D eigenvalue weighted by Gasteiger charge is 2.19. The van der Waals surface area contributed by atoms with Crippen molar-refractivity contribution in [3.63, 3.8) is 0 Å². The van der Waals surface area contributed by atoms with E-state index in [1.165, 1.54) is 11.8 Å². The molecule has 3 aromatic rings. The third-order valence-corrected chi connectivity index (χ3v) is 5.32. The fourth-order valence-electron chi connectivity index (χ4n) is 2.62. The fourth-order valence-corrected chi connectivity index (χ4v) is 3.52. The molecule has 0 saturated carbocycles. The van der Waals surface area contributed by atoms with Gasteiger partial charge in [-0.15, -0.1) is 16.8 Å². The van der Waals surface area contributed by atoms with Crippen LogP contribution < -0.4 is 10.1 Å². The molecule has 1 atom stereocenters. The molecule has 6 nitrogen and oxygen atoms in total. The van der Waals surface area contributed by atoms with E-state index in [0.717, 1.165) is 22.8 Å². The number of aromatic nitrogens is 3. The molecular weight excluding hydrogens is 384 g/mol. The Bertz CT molecular complexity index is 955. The minimum Gasteiger partial charge on any atom is -0.489 e. The molecule has 1 aromatic heterocycles. The van der Waals surface area contributed by atoms with Gasteiger partial charge in [0.25, 0.3) is 0 Å². The van der Waals surface area contributed by atoms with Gasteiger partial charge in [0.05, 0.1) is 5.25 Å². The number of nitrogens with zero attached hydrogens (tertiary/aromatic N) is 3. The smallest absolute Gasteiger partial charge is 0.237 e. The lowest BCUT2D eigenvalue weighted by atomic mass is 10.2. The lowest BCUT2D eigenvalue weighted by Gasteiger charge is -2.13. The van der Waals surface area contributed by atoms with Crippen molar-refractivity contribution in [1.29, 1.82) is 0 Å². The standard InChI is InChI=1S/C22H24N4O2S/c1-4-14-26-17(3)24-25-22(26)29-16(2)21(27)23-19-10-12-20(13-11-19)28-15-18-8-6-5-7-9-18/h4-13,16H,1,14-15H2,2-3H3,(H,23,27)/t16-/m1/s1. The van der Waals surface area contributed by atoms with Crippen molar-refractivity contribution in [3.05, 3.63) is 78.6 Å². The van der Waals surface area contributed by atoms with Crippen molar-refractivity contribution in [2.45, 2.75) is 37.4 Å². The number of rotatable bonds is 9. The number of hydrogen-bond donors (Lipinski definition) is 1. The molecule has 3 rings (SSSR count). The summed E-state index contributed by atoms with van der Waals surface area (Å²) in [6.45, 7) is 8.59. The second-order valence-electron chi connectivity index (χ2n) is 6.48. The van der Waals surface area contributed by atoms with E-state index in [9.17, 15) is 4.79 Å². The summed E-state index contributed by atoms with van der Waals surface area (Å²) >= 11 is 1.37. The zero-order valence-electron chi connectivity index (χ0n) is 16.5. The largest absolute Gasteiger partial charge is 0.489 e. The molecule has 0 saturated heterocycles. The number of ether oxygens (including phenoxy) is 1. The van der Waals surface area contributed by atoms with Gasteiger partial charge in [-0.3, -0.25) is 4.79 Å². The van der Waals surface area contributed by atoms with E-state index in [1.54, 1.807) is 6.08 Å². The molecular formula is C22H24N4O2S. The van der Waals surface area contributed by atoms with Crippen LogP contribution in [0.5, 0.6) is 5.75 Å². The number of aryl methyl sites for hydroxylation is 1. The van der Waals surface area contributed by atoms with Gasteiger partial charge in [-0.05, 0) is 43.7 Å². The Hall–Kier alpha value is -3.06. The summed E-state index contributed by atoms with van der Waals surface area (Å²) in [7, 11) is 0. The van der Waals surface area contributed by atoms with Crippen LogP contribution in [0.1, 0.15) is 18.3 Å². The Morgan fingerprint density at radius 2 is 1.93 bits per heavy atom. The molecule has 29 heavy (non-hydrogen) atoms. The molecule has 1 N–H and O–H groups in total. The summed E-state index contributed by atoms with van der Waals surface area (Å²) in [6, 6.07) is 17.3. The van der Waals surface area contributed by atoms with Crippen molar-refractivity contribution in [2.24, 2.45) is 0 Å². The number of carbonyl (C=O) groups excluding carboxylic acids is 1. The average Bonchev–Trinajstić information content (AvgIpc) is 3.08. The van der Waals surface area contributed by atoms with Crippen LogP contribution in [0.25, 0.3) is 0 Å². The van der Waals surface area contributed by atoms with Crippen LogP contribution in [-0.2, 0) is 17.9 Å². The molecule has 0 fully saturated rings. The van der Waals surface area contributed by atoms with Crippen LogP contribution >= 0.6 is 11.8 Å². The highest BCUT2D eigenvalue weighted by atomic mass is 32.2. The summed E-state index contributed by atoms with van der Waals surface area (Å²) < 4.78 is 7.70. The number of nitrogens with one attached hydrogen (secondary N) is 1. The number of allylic oxidation sites excluding steroid dienone is 1. The first kappa shape index (κ1) is 20.7. The van der Waals surface area contributed by atoms with Gasteiger partial charge in [0, 0.05) is 12.2 Å². The van der Waals surface area contributed by atoms with E-state index >= 15 is 0 Å². The third-order valence-electron chi connectivity index (χ3n) is 4.24. The first-order valence-corrected chi connectivity index (χ1v) is 10.2. The number of benzene rings is 2. The Morgan fingerprint density at radius 1 is 1.21 bits per heavy atom. The van der Waals surface area contributed by atoms with Gasteiger partial charge in [-0.2, -0.15) is 0 Å². The monoisotopic (exact) mass is 408 g/mol. The van der Waals surface area contributed by atoms with E-state index in [1.807, 2.05) is 73.0 Å².